The number of esters is 1. The molecule has 0 aliphatic heterocycles. The van der Waals surface area contributed by atoms with Crippen LogP contribution in [0, 0.1) is 0 Å². The summed E-state index contributed by atoms with van der Waals surface area (Å²) in [5, 5.41) is 0. The molecule has 0 spiro atoms. The Hall–Kier alpha value is -0.550. The molecule has 1 atom stereocenters. The molecule has 0 aliphatic carbocycles. The summed E-state index contributed by atoms with van der Waals surface area (Å²) in [5.74, 6) is 0.347. The van der Waals surface area contributed by atoms with E-state index in [0.29, 0.717) is 11.5 Å². The highest BCUT2D eigenvalue weighted by Gasteiger charge is 2.12. The monoisotopic (exact) mass is 177 g/mol. The van der Waals surface area contributed by atoms with E-state index in [-0.39, 0.29) is 0 Å². The second-order valence-corrected chi connectivity index (χ2v) is 2.91. The van der Waals surface area contributed by atoms with Gasteiger partial charge in [-0.15, -0.1) is 0 Å². The van der Waals surface area contributed by atoms with Crippen molar-refractivity contribution in [1.82, 2.24) is 0 Å². The quantitative estimate of drug-likeness (QED) is 0.345. The molecule has 0 saturated heterocycles. The molecule has 0 rings (SSSR count). The molecular weight excluding hydrogens is 166 g/mol. The van der Waals surface area contributed by atoms with Crippen LogP contribution < -0.4 is 5.73 Å². The Labute approximate surface area is 69.5 Å². The number of methoxy groups -OCH3 is 1. The van der Waals surface area contributed by atoms with Crippen LogP contribution in [-0.2, 0) is 14.3 Å². The Kier molecular flexibility index (Phi) is 5.87. The molecule has 11 heavy (non-hydrogen) atoms. The Morgan fingerprint density at radius 1 is 1.82 bits per heavy atom. The summed E-state index contributed by atoms with van der Waals surface area (Å²) in [4.78, 5) is 20.5. The third-order valence-electron chi connectivity index (χ3n) is 0.987. The molecule has 1 unspecified atom stereocenters. The van der Waals surface area contributed by atoms with E-state index in [1.165, 1.54) is 18.9 Å². The van der Waals surface area contributed by atoms with E-state index in [2.05, 4.69) is 4.74 Å². The van der Waals surface area contributed by atoms with Crippen molar-refractivity contribution in [3.63, 3.8) is 0 Å². The highest BCUT2D eigenvalue weighted by atomic mass is 32.2. The van der Waals surface area contributed by atoms with Crippen molar-refractivity contribution < 1.29 is 14.3 Å². The molecule has 0 saturated carbocycles. The smallest absolute Gasteiger partial charge is 0.323 e. The minimum Gasteiger partial charge on any atom is -0.468 e. The Bertz CT molecular complexity index is 140. The van der Waals surface area contributed by atoms with Crippen molar-refractivity contribution in [2.45, 2.75) is 6.04 Å². The molecular formula is C6H11NO3S. The second-order valence-electron chi connectivity index (χ2n) is 1.83. The first-order valence-electron chi connectivity index (χ1n) is 3.07. The minimum atomic E-state index is -0.620. The molecule has 4 nitrogen and oxygen atoms in total. The summed E-state index contributed by atoms with van der Waals surface area (Å²) in [6.07, 6.45) is 0.772. The zero-order chi connectivity index (χ0) is 8.69. The molecule has 0 aromatic heterocycles. The standard InChI is InChI=1S/C6H11NO3S/c1-10-6(9)5(7)4-11-3-2-8/h2,5H,3-4,7H2,1H3. The van der Waals surface area contributed by atoms with Crippen LogP contribution >= 0.6 is 11.8 Å². The Morgan fingerprint density at radius 2 is 2.45 bits per heavy atom. The van der Waals surface area contributed by atoms with Gasteiger partial charge in [0.05, 0.1) is 7.11 Å². The highest BCUT2D eigenvalue weighted by molar-refractivity contribution is 7.99. The maximum absolute atomic E-state index is 10.7. The first-order chi connectivity index (χ1) is 5.22. The Morgan fingerprint density at radius 3 is 2.91 bits per heavy atom. The third-order valence-corrected chi connectivity index (χ3v) is 1.95. The largest absolute Gasteiger partial charge is 0.468 e. The van der Waals surface area contributed by atoms with E-state index in [4.69, 9.17) is 5.73 Å². The summed E-state index contributed by atoms with van der Waals surface area (Å²) < 4.78 is 4.38. The lowest BCUT2D eigenvalue weighted by Crippen LogP contribution is -2.33. The lowest BCUT2D eigenvalue weighted by molar-refractivity contribution is -0.141. The number of carbonyl (C=O) groups is 2. The predicted molar refractivity (Wildman–Crippen MR) is 43.4 cm³/mol. The van der Waals surface area contributed by atoms with Gasteiger partial charge in [0, 0.05) is 11.5 Å². The minimum absolute atomic E-state index is 0.366. The molecule has 0 aliphatic rings. The van der Waals surface area contributed by atoms with Gasteiger partial charge in [-0.25, -0.2) is 0 Å². The van der Waals surface area contributed by atoms with Crippen molar-refractivity contribution >= 4 is 24.0 Å². The van der Waals surface area contributed by atoms with Gasteiger partial charge in [-0.3, -0.25) is 4.79 Å². The first kappa shape index (κ1) is 10.4. The number of hydrogen-bond donors (Lipinski definition) is 1. The van der Waals surface area contributed by atoms with Crippen LogP contribution in [0.3, 0.4) is 0 Å². The molecule has 0 aromatic carbocycles. The summed E-state index contributed by atoms with van der Waals surface area (Å²) in [7, 11) is 1.28. The fraction of sp³-hybridized carbons (Fsp3) is 0.667. The van der Waals surface area contributed by atoms with E-state index in [1.807, 2.05) is 0 Å². The molecule has 0 amide bonds. The molecule has 0 fully saturated rings. The lowest BCUT2D eigenvalue weighted by Gasteiger charge is -2.06. The van der Waals surface area contributed by atoms with E-state index < -0.39 is 12.0 Å². The number of thioether (sulfide) groups is 1. The molecule has 0 radical (unpaired) electrons. The molecule has 5 heteroatoms. The van der Waals surface area contributed by atoms with E-state index in [0.717, 1.165) is 6.29 Å². The van der Waals surface area contributed by atoms with Crippen LogP contribution in [0.1, 0.15) is 0 Å². The summed E-state index contributed by atoms with van der Waals surface area (Å²) in [6, 6.07) is -0.620. The van der Waals surface area contributed by atoms with Gasteiger partial charge in [0.2, 0.25) is 0 Å². The Balaban J connectivity index is 3.43. The van der Waals surface area contributed by atoms with Gasteiger partial charge in [-0.2, -0.15) is 11.8 Å². The topological polar surface area (TPSA) is 69.4 Å². The molecule has 0 aromatic rings. The summed E-state index contributed by atoms with van der Waals surface area (Å²) in [6.45, 7) is 0. The van der Waals surface area contributed by atoms with E-state index >= 15 is 0 Å². The molecule has 0 bridgehead atoms. The normalized spacial score (nSPS) is 12.2. The maximum Gasteiger partial charge on any atom is 0.323 e. The van der Waals surface area contributed by atoms with Gasteiger partial charge in [0.15, 0.2) is 0 Å². The number of hydrogen-bond acceptors (Lipinski definition) is 5. The number of ether oxygens (including phenoxy) is 1. The number of rotatable bonds is 5. The maximum atomic E-state index is 10.7. The van der Waals surface area contributed by atoms with Crippen molar-refractivity contribution in [1.29, 1.82) is 0 Å². The summed E-state index contributed by atoms with van der Waals surface area (Å²) >= 11 is 1.31. The third kappa shape index (κ3) is 4.80. The fourth-order valence-corrected chi connectivity index (χ4v) is 1.08. The van der Waals surface area contributed by atoms with Gasteiger partial charge < -0.3 is 15.3 Å². The van der Waals surface area contributed by atoms with Crippen LogP contribution in [0.4, 0.5) is 0 Å². The van der Waals surface area contributed by atoms with Gasteiger partial charge in [0.25, 0.3) is 0 Å². The SMILES string of the molecule is COC(=O)C(N)CSCC=O. The van der Waals surface area contributed by atoms with Crippen molar-refractivity contribution in [3.8, 4) is 0 Å². The van der Waals surface area contributed by atoms with Crippen LogP contribution in [0.5, 0.6) is 0 Å². The number of carbonyl (C=O) groups excluding carboxylic acids is 2. The average molecular weight is 177 g/mol. The van der Waals surface area contributed by atoms with Crippen molar-refractivity contribution in [3.05, 3.63) is 0 Å². The van der Waals surface area contributed by atoms with E-state index in [1.54, 1.807) is 0 Å². The van der Waals surface area contributed by atoms with Gasteiger partial charge >= 0.3 is 5.97 Å². The zero-order valence-corrected chi connectivity index (χ0v) is 7.10. The van der Waals surface area contributed by atoms with Crippen LogP contribution in [-0.4, -0.2) is 36.9 Å². The molecule has 2 N–H and O–H groups in total. The van der Waals surface area contributed by atoms with Crippen molar-refractivity contribution in [2.24, 2.45) is 5.73 Å². The van der Waals surface area contributed by atoms with Crippen molar-refractivity contribution in [2.75, 3.05) is 18.6 Å². The van der Waals surface area contributed by atoms with E-state index in [9.17, 15) is 9.59 Å². The van der Waals surface area contributed by atoms with Crippen LogP contribution in [0.15, 0.2) is 0 Å². The van der Waals surface area contributed by atoms with Crippen LogP contribution in [0.2, 0.25) is 0 Å². The number of nitrogens with two attached hydrogens (primary N) is 1. The lowest BCUT2D eigenvalue weighted by atomic mass is 10.4. The second kappa shape index (κ2) is 6.18. The predicted octanol–water partition coefficient (Wildman–Crippen LogP) is -0.581. The van der Waals surface area contributed by atoms with Gasteiger partial charge in [-0.05, 0) is 0 Å². The van der Waals surface area contributed by atoms with Gasteiger partial charge in [-0.1, -0.05) is 0 Å². The highest BCUT2D eigenvalue weighted by Crippen LogP contribution is 1.99. The van der Waals surface area contributed by atoms with Gasteiger partial charge in [0.1, 0.15) is 12.3 Å². The molecule has 64 valence electrons. The fourth-order valence-electron chi connectivity index (χ4n) is 0.463. The van der Waals surface area contributed by atoms with Crippen LogP contribution in [0.25, 0.3) is 0 Å². The molecule has 0 heterocycles. The summed E-state index contributed by atoms with van der Waals surface area (Å²) in [5.41, 5.74) is 5.36. The first-order valence-corrected chi connectivity index (χ1v) is 4.22. The number of aldehydes is 1. The average Bonchev–Trinajstić information content (AvgIpc) is 2.03. The zero-order valence-electron chi connectivity index (χ0n) is 6.28.